The molecule has 0 spiro atoms. The maximum atomic E-state index is 12.1. The molecule has 0 saturated heterocycles. The Bertz CT molecular complexity index is 693. The summed E-state index contributed by atoms with van der Waals surface area (Å²) in [6.07, 6.45) is 1.69. The number of carboxylic acids is 1. The van der Waals surface area contributed by atoms with Crippen molar-refractivity contribution in [3.63, 3.8) is 0 Å². The number of aryl methyl sites for hydroxylation is 2. The molecular formula is C13H14ClN3O3S. The lowest BCUT2D eigenvalue weighted by molar-refractivity contribution is 0.0701. The van der Waals surface area contributed by atoms with Crippen LogP contribution in [0, 0.1) is 6.92 Å². The standard InChI is InChI=1S/C13H14ClN3O3S/c1-3-17-6-8(14)4-9(17)12(18)15-5-10-16-7(2)11(21-10)13(19)20/h4,6H,3,5H2,1-2H3,(H,15,18)(H,19,20). The molecule has 0 aliphatic heterocycles. The Morgan fingerprint density at radius 2 is 2.24 bits per heavy atom. The van der Waals surface area contributed by atoms with Crippen LogP contribution in [0.3, 0.4) is 0 Å². The molecule has 2 heterocycles. The van der Waals surface area contributed by atoms with Gasteiger partial charge in [0.05, 0.1) is 17.3 Å². The highest BCUT2D eigenvalue weighted by atomic mass is 35.5. The maximum absolute atomic E-state index is 12.1. The van der Waals surface area contributed by atoms with Gasteiger partial charge in [0.2, 0.25) is 0 Å². The van der Waals surface area contributed by atoms with Crippen LogP contribution in [0.25, 0.3) is 0 Å². The smallest absolute Gasteiger partial charge is 0.347 e. The van der Waals surface area contributed by atoms with Gasteiger partial charge in [0.25, 0.3) is 5.91 Å². The van der Waals surface area contributed by atoms with Crippen molar-refractivity contribution < 1.29 is 14.7 Å². The molecule has 0 bridgehead atoms. The molecule has 1 amide bonds. The Labute approximate surface area is 130 Å². The van der Waals surface area contributed by atoms with E-state index in [1.165, 1.54) is 0 Å². The molecule has 0 aromatic carbocycles. The average molecular weight is 328 g/mol. The molecule has 0 atom stereocenters. The first-order valence-electron chi connectivity index (χ1n) is 6.25. The summed E-state index contributed by atoms with van der Waals surface area (Å²) in [5.74, 6) is -1.28. The van der Waals surface area contributed by atoms with E-state index in [1.54, 1.807) is 23.8 Å². The van der Waals surface area contributed by atoms with Crippen LogP contribution in [-0.4, -0.2) is 26.5 Å². The largest absolute Gasteiger partial charge is 0.477 e. The molecule has 112 valence electrons. The van der Waals surface area contributed by atoms with Crippen LogP contribution >= 0.6 is 22.9 Å². The van der Waals surface area contributed by atoms with Gasteiger partial charge in [-0.15, -0.1) is 11.3 Å². The fourth-order valence-corrected chi connectivity index (χ4v) is 2.96. The molecule has 0 saturated carbocycles. The van der Waals surface area contributed by atoms with Crippen LogP contribution in [0.4, 0.5) is 0 Å². The summed E-state index contributed by atoms with van der Waals surface area (Å²) < 4.78 is 1.74. The molecule has 2 N–H and O–H groups in total. The van der Waals surface area contributed by atoms with E-state index in [2.05, 4.69) is 10.3 Å². The Hall–Kier alpha value is -1.86. The van der Waals surface area contributed by atoms with Crippen LogP contribution in [0.15, 0.2) is 12.3 Å². The van der Waals surface area contributed by atoms with Gasteiger partial charge in [0.1, 0.15) is 15.6 Å². The van der Waals surface area contributed by atoms with Gasteiger partial charge in [0.15, 0.2) is 0 Å². The number of halogens is 1. The van der Waals surface area contributed by atoms with Crippen molar-refractivity contribution in [2.45, 2.75) is 26.9 Å². The minimum atomic E-state index is -1.01. The quantitative estimate of drug-likeness (QED) is 0.884. The highest BCUT2D eigenvalue weighted by molar-refractivity contribution is 7.13. The van der Waals surface area contributed by atoms with E-state index in [4.69, 9.17) is 16.7 Å². The molecule has 2 aromatic heterocycles. The van der Waals surface area contributed by atoms with E-state index >= 15 is 0 Å². The number of aromatic carboxylic acids is 1. The first-order valence-corrected chi connectivity index (χ1v) is 7.45. The number of carbonyl (C=O) groups is 2. The summed E-state index contributed by atoms with van der Waals surface area (Å²) in [5.41, 5.74) is 0.922. The predicted octanol–water partition coefficient (Wildman–Crippen LogP) is 2.55. The summed E-state index contributed by atoms with van der Waals surface area (Å²) in [5, 5.41) is 12.7. The number of amides is 1. The van der Waals surface area contributed by atoms with Gasteiger partial charge in [-0.3, -0.25) is 4.79 Å². The third-order valence-corrected chi connectivity index (χ3v) is 4.22. The monoisotopic (exact) mass is 327 g/mol. The zero-order chi connectivity index (χ0) is 15.6. The Balaban J connectivity index is 2.07. The third kappa shape index (κ3) is 3.43. The molecule has 0 unspecified atom stereocenters. The summed E-state index contributed by atoms with van der Waals surface area (Å²) >= 11 is 6.95. The minimum Gasteiger partial charge on any atom is -0.477 e. The lowest BCUT2D eigenvalue weighted by Gasteiger charge is -2.06. The number of carboxylic acid groups (broad SMARTS) is 1. The van der Waals surface area contributed by atoms with Crippen LogP contribution < -0.4 is 5.32 Å². The second-order valence-electron chi connectivity index (χ2n) is 4.34. The van der Waals surface area contributed by atoms with E-state index in [9.17, 15) is 9.59 Å². The van der Waals surface area contributed by atoms with Gasteiger partial charge in [-0.2, -0.15) is 0 Å². The normalized spacial score (nSPS) is 10.6. The minimum absolute atomic E-state index is 0.185. The average Bonchev–Trinajstić information content (AvgIpc) is 2.99. The van der Waals surface area contributed by atoms with Gasteiger partial charge in [-0.25, -0.2) is 9.78 Å². The number of hydrogen-bond donors (Lipinski definition) is 2. The van der Waals surface area contributed by atoms with E-state index in [0.717, 1.165) is 11.3 Å². The lowest BCUT2D eigenvalue weighted by atomic mass is 10.4. The Morgan fingerprint density at radius 1 is 1.52 bits per heavy atom. The van der Waals surface area contributed by atoms with Crippen molar-refractivity contribution >= 4 is 34.8 Å². The van der Waals surface area contributed by atoms with Crippen molar-refractivity contribution in [3.05, 3.63) is 38.6 Å². The van der Waals surface area contributed by atoms with Crippen molar-refractivity contribution in [2.24, 2.45) is 0 Å². The number of hydrogen-bond acceptors (Lipinski definition) is 4. The topological polar surface area (TPSA) is 84.2 Å². The van der Waals surface area contributed by atoms with Crippen LogP contribution in [-0.2, 0) is 13.1 Å². The maximum Gasteiger partial charge on any atom is 0.347 e. The molecule has 2 rings (SSSR count). The van der Waals surface area contributed by atoms with Crippen molar-refractivity contribution in [1.29, 1.82) is 0 Å². The number of thiazole rings is 1. The van der Waals surface area contributed by atoms with Gasteiger partial charge < -0.3 is 15.0 Å². The van der Waals surface area contributed by atoms with E-state index in [-0.39, 0.29) is 17.3 Å². The first kappa shape index (κ1) is 15.5. The molecule has 0 radical (unpaired) electrons. The van der Waals surface area contributed by atoms with E-state index in [0.29, 0.717) is 28.0 Å². The number of nitrogens with one attached hydrogen (secondary N) is 1. The fourth-order valence-electron chi connectivity index (χ4n) is 1.90. The van der Waals surface area contributed by atoms with E-state index in [1.807, 2.05) is 6.92 Å². The number of nitrogens with zero attached hydrogens (tertiary/aromatic N) is 2. The van der Waals surface area contributed by atoms with Crippen LogP contribution in [0.5, 0.6) is 0 Å². The molecule has 2 aromatic rings. The van der Waals surface area contributed by atoms with Gasteiger partial charge >= 0.3 is 5.97 Å². The van der Waals surface area contributed by atoms with Crippen molar-refractivity contribution in [2.75, 3.05) is 0 Å². The predicted molar refractivity (Wildman–Crippen MR) is 80.1 cm³/mol. The van der Waals surface area contributed by atoms with E-state index < -0.39 is 5.97 Å². The Morgan fingerprint density at radius 3 is 2.81 bits per heavy atom. The van der Waals surface area contributed by atoms with Gasteiger partial charge in [0, 0.05) is 12.7 Å². The Kier molecular flexibility index (Phi) is 4.64. The number of aromatic nitrogens is 2. The van der Waals surface area contributed by atoms with Crippen molar-refractivity contribution in [1.82, 2.24) is 14.9 Å². The van der Waals surface area contributed by atoms with Crippen molar-refractivity contribution in [3.8, 4) is 0 Å². The summed E-state index contributed by atoms with van der Waals surface area (Å²) in [7, 11) is 0. The summed E-state index contributed by atoms with van der Waals surface area (Å²) in [4.78, 5) is 27.4. The molecule has 0 aliphatic rings. The van der Waals surface area contributed by atoms with Gasteiger partial charge in [-0.05, 0) is 19.9 Å². The molecule has 8 heteroatoms. The third-order valence-electron chi connectivity index (χ3n) is 2.87. The molecule has 6 nitrogen and oxygen atoms in total. The highest BCUT2D eigenvalue weighted by Gasteiger charge is 2.16. The number of carbonyl (C=O) groups excluding carboxylic acids is 1. The summed E-state index contributed by atoms with van der Waals surface area (Å²) in [6, 6.07) is 1.59. The van der Waals surface area contributed by atoms with Crippen LogP contribution in [0.2, 0.25) is 5.02 Å². The van der Waals surface area contributed by atoms with Crippen LogP contribution in [0.1, 0.15) is 37.8 Å². The molecule has 0 fully saturated rings. The fraction of sp³-hybridized carbons (Fsp3) is 0.308. The second kappa shape index (κ2) is 6.28. The molecule has 0 aliphatic carbocycles. The lowest BCUT2D eigenvalue weighted by Crippen LogP contribution is -2.25. The zero-order valence-corrected chi connectivity index (χ0v) is 13.1. The zero-order valence-electron chi connectivity index (χ0n) is 11.5. The van der Waals surface area contributed by atoms with Gasteiger partial charge in [-0.1, -0.05) is 11.6 Å². The first-order chi connectivity index (χ1) is 9.92. The highest BCUT2D eigenvalue weighted by Crippen LogP contribution is 2.18. The summed E-state index contributed by atoms with van der Waals surface area (Å²) in [6.45, 7) is 4.36. The SMILES string of the molecule is CCn1cc(Cl)cc1C(=O)NCc1nc(C)c(C(=O)O)s1. The molecular weight excluding hydrogens is 314 g/mol. The number of rotatable bonds is 5. The second-order valence-corrected chi connectivity index (χ2v) is 5.86. The molecule has 21 heavy (non-hydrogen) atoms.